The van der Waals surface area contributed by atoms with E-state index < -0.39 is 5.97 Å². The van der Waals surface area contributed by atoms with Crippen molar-refractivity contribution in [2.45, 2.75) is 0 Å². The zero-order valence-electron chi connectivity index (χ0n) is 9.02. The first-order chi connectivity index (χ1) is 7.08. The average Bonchev–Trinajstić information content (AvgIpc) is 2.59. The molecule has 0 bridgehead atoms. The molecular weight excluding hydrogens is 228 g/mol. The summed E-state index contributed by atoms with van der Waals surface area (Å²) in [5.74, 6) is -0.933. The number of hydrogen-bond donors (Lipinski definition) is 2. The van der Waals surface area contributed by atoms with Crippen molar-refractivity contribution in [2.24, 2.45) is 0 Å². The van der Waals surface area contributed by atoms with Crippen LogP contribution >= 0.6 is 12.4 Å². The van der Waals surface area contributed by atoms with Crippen LogP contribution in [0, 0.1) is 0 Å². The Morgan fingerprint density at radius 3 is 2.56 bits per heavy atom. The molecule has 0 amide bonds. The lowest BCUT2D eigenvalue weighted by atomic mass is 10.2. The quantitative estimate of drug-likeness (QED) is 0.847. The van der Waals surface area contributed by atoms with E-state index >= 15 is 0 Å². The van der Waals surface area contributed by atoms with Gasteiger partial charge in [-0.25, -0.2) is 4.79 Å². The summed E-state index contributed by atoms with van der Waals surface area (Å²) in [6.07, 6.45) is 0. The lowest BCUT2D eigenvalue weighted by Crippen LogP contribution is -2.07. The zero-order valence-corrected chi connectivity index (χ0v) is 9.84. The van der Waals surface area contributed by atoms with Crippen molar-refractivity contribution in [2.75, 3.05) is 19.0 Å². The van der Waals surface area contributed by atoms with E-state index in [1.807, 2.05) is 37.2 Å². The molecule has 0 spiro atoms. The zero-order chi connectivity index (χ0) is 11.0. The van der Waals surface area contributed by atoms with Crippen LogP contribution in [0.25, 0.3) is 10.9 Å². The van der Waals surface area contributed by atoms with Crippen LogP contribution in [0.2, 0.25) is 0 Å². The molecule has 2 aromatic rings. The Morgan fingerprint density at radius 1 is 1.31 bits per heavy atom. The Bertz CT molecular complexity index is 520. The van der Waals surface area contributed by atoms with Gasteiger partial charge in [0.25, 0.3) is 0 Å². The highest BCUT2D eigenvalue weighted by Gasteiger charge is 2.07. The highest BCUT2D eigenvalue weighted by molar-refractivity contribution is 5.94. The molecule has 2 N–H and O–H groups in total. The van der Waals surface area contributed by atoms with Crippen molar-refractivity contribution < 1.29 is 9.90 Å². The van der Waals surface area contributed by atoms with Gasteiger partial charge in [0.2, 0.25) is 0 Å². The summed E-state index contributed by atoms with van der Waals surface area (Å²) in [6.45, 7) is 0. The summed E-state index contributed by atoms with van der Waals surface area (Å²) in [7, 11) is 3.89. The number of carboxylic acid groups (broad SMARTS) is 1. The first kappa shape index (κ1) is 12.4. The van der Waals surface area contributed by atoms with Crippen molar-refractivity contribution in [1.82, 2.24) is 4.98 Å². The maximum atomic E-state index is 10.7. The van der Waals surface area contributed by atoms with Gasteiger partial charge in [-0.05, 0) is 18.2 Å². The minimum Gasteiger partial charge on any atom is -0.477 e. The van der Waals surface area contributed by atoms with Crippen LogP contribution in [0.3, 0.4) is 0 Å². The summed E-state index contributed by atoms with van der Waals surface area (Å²) in [6, 6.07) is 7.44. The number of aromatic carboxylic acids is 1. The number of aromatic nitrogens is 1. The third kappa shape index (κ3) is 2.12. The molecule has 0 atom stereocenters. The number of hydrogen-bond acceptors (Lipinski definition) is 2. The van der Waals surface area contributed by atoms with E-state index in [0.717, 1.165) is 16.6 Å². The Hall–Kier alpha value is -1.68. The highest BCUT2D eigenvalue weighted by Crippen LogP contribution is 2.21. The molecule has 86 valence electrons. The van der Waals surface area contributed by atoms with Crippen LogP contribution in [0.15, 0.2) is 24.3 Å². The molecule has 0 saturated heterocycles. The van der Waals surface area contributed by atoms with Crippen LogP contribution in [0.1, 0.15) is 10.5 Å². The number of nitrogens with one attached hydrogen (secondary N) is 1. The number of carbonyl (C=O) groups is 1. The van der Waals surface area contributed by atoms with E-state index in [1.54, 1.807) is 6.07 Å². The first-order valence-corrected chi connectivity index (χ1v) is 4.61. The van der Waals surface area contributed by atoms with E-state index in [1.165, 1.54) is 0 Å². The second-order valence-corrected chi connectivity index (χ2v) is 3.65. The fraction of sp³-hybridized carbons (Fsp3) is 0.182. The Balaban J connectivity index is 0.00000128. The number of nitrogens with zero attached hydrogens (tertiary/aromatic N) is 1. The van der Waals surface area contributed by atoms with Crippen molar-refractivity contribution in [1.29, 1.82) is 0 Å². The minimum absolute atomic E-state index is 0. The van der Waals surface area contributed by atoms with Gasteiger partial charge in [0, 0.05) is 30.7 Å². The molecule has 1 heterocycles. The summed E-state index contributed by atoms with van der Waals surface area (Å²) in [4.78, 5) is 15.6. The van der Waals surface area contributed by atoms with Crippen molar-refractivity contribution in [3.05, 3.63) is 30.0 Å². The van der Waals surface area contributed by atoms with E-state index in [-0.39, 0.29) is 18.1 Å². The minimum atomic E-state index is -0.933. The molecule has 1 aromatic carbocycles. The number of carboxylic acids is 1. The van der Waals surface area contributed by atoms with E-state index in [2.05, 4.69) is 4.98 Å². The number of benzene rings is 1. The number of rotatable bonds is 2. The number of fused-ring (bicyclic) bond motifs is 1. The maximum Gasteiger partial charge on any atom is 0.352 e. The molecular formula is C11H13ClN2O2. The molecule has 0 fully saturated rings. The van der Waals surface area contributed by atoms with Crippen molar-refractivity contribution >= 4 is 35.0 Å². The average molecular weight is 241 g/mol. The number of anilines is 1. The summed E-state index contributed by atoms with van der Waals surface area (Å²) in [5.41, 5.74) is 2.11. The van der Waals surface area contributed by atoms with Gasteiger partial charge in [0.05, 0.1) is 0 Å². The Morgan fingerprint density at radius 2 is 2.00 bits per heavy atom. The third-order valence-electron chi connectivity index (χ3n) is 2.35. The number of halogens is 1. The fourth-order valence-electron chi connectivity index (χ4n) is 1.51. The predicted octanol–water partition coefficient (Wildman–Crippen LogP) is 2.35. The highest BCUT2D eigenvalue weighted by atomic mass is 35.5. The molecule has 1 aromatic heterocycles. The summed E-state index contributed by atoms with van der Waals surface area (Å²) >= 11 is 0. The fourth-order valence-corrected chi connectivity index (χ4v) is 1.51. The molecule has 0 unspecified atom stereocenters. The van der Waals surface area contributed by atoms with E-state index in [0.29, 0.717) is 0 Å². The van der Waals surface area contributed by atoms with Crippen LogP contribution < -0.4 is 4.90 Å². The van der Waals surface area contributed by atoms with Crippen LogP contribution in [0.5, 0.6) is 0 Å². The van der Waals surface area contributed by atoms with Gasteiger partial charge in [0.15, 0.2) is 0 Å². The van der Waals surface area contributed by atoms with Crippen molar-refractivity contribution in [3.63, 3.8) is 0 Å². The van der Waals surface area contributed by atoms with Gasteiger partial charge in [0.1, 0.15) is 5.69 Å². The summed E-state index contributed by atoms with van der Waals surface area (Å²) in [5, 5.41) is 9.74. The molecule has 0 aliphatic rings. The van der Waals surface area contributed by atoms with Gasteiger partial charge in [-0.3, -0.25) is 0 Å². The predicted molar refractivity (Wildman–Crippen MR) is 66.8 cm³/mol. The first-order valence-electron chi connectivity index (χ1n) is 4.61. The van der Waals surface area contributed by atoms with Gasteiger partial charge in [-0.2, -0.15) is 0 Å². The monoisotopic (exact) mass is 240 g/mol. The second-order valence-electron chi connectivity index (χ2n) is 3.65. The standard InChI is InChI=1S/C11H12N2O2.ClH/c1-13(2)8-4-3-7-5-10(11(14)15)12-9(7)6-8;/h3-6,12H,1-2H3,(H,14,15);1H. The smallest absolute Gasteiger partial charge is 0.352 e. The number of aromatic amines is 1. The van der Waals surface area contributed by atoms with E-state index in [4.69, 9.17) is 5.11 Å². The molecule has 0 aliphatic heterocycles. The Labute approximate surface area is 99.3 Å². The summed E-state index contributed by atoms with van der Waals surface area (Å²) < 4.78 is 0. The largest absolute Gasteiger partial charge is 0.477 e. The van der Waals surface area contributed by atoms with Crippen molar-refractivity contribution in [3.8, 4) is 0 Å². The number of H-pyrrole nitrogens is 1. The van der Waals surface area contributed by atoms with Crippen LogP contribution in [-0.4, -0.2) is 30.2 Å². The van der Waals surface area contributed by atoms with Gasteiger partial charge < -0.3 is 15.0 Å². The topological polar surface area (TPSA) is 56.3 Å². The molecule has 0 radical (unpaired) electrons. The van der Waals surface area contributed by atoms with Crippen LogP contribution in [0.4, 0.5) is 5.69 Å². The van der Waals surface area contributed by atoms with E-state index in [9.17, 15) is 4.79 Å². The SMILES string of the molecule is CN(C)c1ccc2cc(C(=O)O)[nH]c2c1.Cl. The van der Waals surface area contributed by atoms with Gasteiger partial charge >= 0.3 is 5.97 Å². The van der Waals surface area contributed by atoms with Gasteiger partial charge in [-0.1, -0.05) is 6.07 Å². The lowest BCUT2D eigenvalue weighted by molar-refractivity contribution is 0.0691. The molecule has 16 heavy (non-hydrogen) atoms. The lowest BCUT2D eigenvalue weighted by Gasteiger charge is -2.11. The normalized spacial score (nSPS) is 9.88. The van der Waals surface area contributed by atoms with Gasteiger partial charge in [-0.15, -0.1) is 12.4 Å². The molecule has 2 rings (SSSR count). The maximum absolute atomic E-state index is 10.7. The molecule has 5 heteroatoms. The molecule has 0 aliphatic carbocycles. The molecule has 4 nitrogen and oxygen atoms in total. The third-order valence-corrected chi connectivity index (χ3v) is 2.35. The van der Waals surface area contributed by atoms with Crippen LogP contribution in [-0.2, 0) is 0 Å². The molecule has 0 saturated carbocycles. The Kier molecular flexibility index (Phi) is 3.44. The second kappa shape index (κ2) is 4.45.